The summed E-state index contributed by atoms with van der Waals surface area (Å²) >= 11 is 0. The lowest BCUT2D eigenvalue weighted by Gasteiger charge is -2.38. The van der Waals surface area contributed by atoms with Crippen molar-refractivity contribution in [3.63, 3.8) is 0 Å². The van der Waals surface area contributed by atoms with Gasteiger partial charge in [0, 0.05) is 6.54 Å². The van der Waals surface area contributed by atoms with Crippen LogP contribution in [0.1, 0.15) is 0 Å². The number of β-amino-alcohol motifs (C(OH)–C–C–N with tert-alkyl or cyclic N) is 1. The van der Waals surface area contributed by atoms with E-state index in [9.17, 15) is 10.2 Å². The highest BCUT2D eigenvalue weighted by molar-refractivity contribution is 4.94. The molecule has 0 spiro atoms. The second kappa shape index (κ2) is 9.15. The zero-order valence-corrected chi connectivity index (χ0v) is 12.3. The number of hydrogen-bond acceptors (Lipinski definition) is 11. The van der Waals surface area contributed by atoms with E-state index in [1.807, 2.05) is 0 Å². The summed E-state index contributed by atoms with van der Waals surface area (Å²) in [5, 5.41) is 86.0. The minimum Gasteiger partial charge on any atom is -0.395 e. The predicted octanol–water partition coefficient (Wildman–Crippen LogP) is -6.62. The summed E-state index contributed by atoms with van der Waals surface area (Å²) in [7, 11) is 0. The van der Waals surface area contributed by atoms with E-state index in [4.69, 9.17) is 35.7 Å². The molecule has 9 unspecified atom stereocenters. The Bertz CT molecular complexity index is 344. The van der Waals surface area contributed by atoms with Crippen molar-refractivity contribution in [2.45, 2.75) is 54.9 Å². The standard InChI is InChI=1S/C6H13NO5.C6H13NO4/c8-1-2-3(9)4(10)5(11)6(12)7-2;8-2-3-5(10)6(11)4(9)1-7-3/h2-12H,1H2;3-11H,1-2H2. The van der Waals surface area contributed by atoms with Crippen LogP contribution in [-0.2, 0) is 0 Å². The third-order valence-corrected chi connectivity index (χ3v) is 3.96. The molecule has 0 aliphatic carbocycles. The highest BCUT2D eigenvalue weighted by Crippen LogP contribution is 2.13. The summed E-state index contributed by atoms with van der Waals surface area (Å²) in [5.41, 5.74) is 0. The van der Waals surface area contributed by atoms with Crippen molar-refractivity contribution in [1.29, 1.82) is 0 Å². The summed E-state index contributed by atoms with van der Waals surface area (Å²) in [6.07, 6.45) is -8.65. The largest absolute Gasteiger partial charge is 0.395 e. The average Bonchev–Trinajstić information content (AvgIpc) is 2.55. The van der Waals surface area contributed by atoms with E-state index < -0.39 is 61.5 Å². The Morgan fingerprint density at radius 1 is 0.652 bits per heavy atom. The molecule has 0 aromatic rings. The van der Waals surface area contributed by atoms with Crippen molar-refractivity contribution in [3.8, 4) is 0 Å². The fourth-order valence-electron chi connectivity index (χ4n) is 2.36. The fraction of sp³-hybridized carbons (Fsp3) is 1.00. The Morgan fingerprint density at radius 3 is 1.70 bits per heavy atom. The molecule has 2 saturated heterocycles. The lowest BCUT2D eigenvalue weighted by Crippen LogP contribution is -2.65. The Kier molecular flexibility index (Phi) is 8.20. The predicted molar refractivity (Wildman–Crippen MR) is 74.9 cm³/mol. The molecule has 0 aromatic heterocycles. The van der Waals surface area contributed by atoms with Gasteiger partial charge in [0.05, 0.1) is 37.5 Å². The molecule has 2 rings (SSSR count). The van der Waals surface area contributed by atoms with Crippen LogP contribution in [0.15, 0.2) is 0 Å². The molecule has 2 aliphatic rings. The van der Waals surface area contributed by atoms with Crippen molar-refractivity contribution >= 4 is 0 Å². The van der Waals surface area contributed by atoms with E-state index in [1.54, 1.807) is 0 Å². The van der Waals surface area contributed by atoms with Gasteiger partial charge in [0.15, 0.2) is 0 Å². The first-order valence-electron chi connectivity index (χ1n) is 7.22. The molecule has 138 valence electrons. The summed E-state index contributed by atoms with van der Waals surface area (Å²) in [6.45, 7) is -0.462. The average molecular weight is 342 g/mol. The summed E-state index contributed by atoms with van der Waals surface area (Å²) in [6, 6.07) is -1.34. The zero-order chi connectivity index (χ0) is 17.7. The zero-order valence-electron chi connectivity index (χ0n) is 12.3. The molecule has 0 aromatic carbocycles. The Hall–Kier alpha value is -0.440. The van der Waals surface area contributed by atoms with Gasteiger partial charge in [0.1, 0.15) is 30.6 Å². The molecule has 2 fully saturated rings. The fourth-order valence-corrected chi connectivity index (χ4v) is 2.36. The number of nitrogens with one attached hydrogen (secondary N) is 2. The highest BCUT2D eigenvalue weighted by Gasteiger charge is 2.41. The van der Waals surface area contributed by atoms with Crippen molar-refractivity contribution in [3.05, 3.63) is 0 Å². The number of rotatable bonds is 2. The Morgan fingerprint density at radius 2 is 1.17 bits per heavy atom. The lowest BCUT2D eigenvalue weighted by atomic mass is 9.95. The first kappa shape index (κ1) is 20.6. The molecule has 23 heavy (non-hydrogen) atoms. The van der Waals surface area contributed by atoms with Crippen LogP contribution in [0.4, 0.5) is 0 Å². The molecule has 11 heteroatoms. The second-order valence-corrected chi connectivity index (χ2v) is 5.62. The van der Waals surface area contributed by atoms with Crippen LogP contribution in [0.3, 0.4) is 0 Å². The molecular weight excluding hydrogens is 316 g/mol. The van der Waals surface area contributed by atoms with Crippen molar-refractivity contribution < 1.29 is 46.0 Å². The van der Waals surface area contributed by atoms with E-state index in [0.29, 0.717) is 0 Å². The number of aliphatic hydroxyl groups excluding tert-OH is 9. The third kappa shape index (κ3) is 5.01. The van der Waals surface area contributed by atoms with Gasteiger partial charge in [-0.1, -0.05) is 0 Å². The monoisotopic (exact) mass is 342 g/mol. The van der Waals surface area contributed by atoms with Crippen LogP contribution in [0.5, 0.6) is 0 Å². The van der Waals surface area contributed by atoms with Crippen molar-refractivity contribution in [2.75, 3.05) is 19.8 Å². The first-order valence-corrected chi connectivity index (χ1v) is 7.22. The second-order valence-electron chi connectivity index (χ2n) is 5.62. The minimum absolute atomic E-state index is 0.198. The quantitative estimate of drug-likeness (QED) is 0.227. The molecule has 0 amide bonds. The molecule has 0 radical (unpaired) electrons. The SMILES string of the molecule is OCC1NC(O)C(O)C(O)C1O.OCC1NCC(O)C(O)C1O. The van der Waals surface area contributed by atoms with Gasteiger partial charge in [-0.25, -0.2) is 0 Å². The maximum Gasteiger partial charge on any atom is 0.134 e. The number of hydrogen-bond donors (Lipinski definition) is 11. The van der Waals surface area contributed by atoms with Crippen LogP contribution in [0.25, 0.3) is 0 Å². The Balaban J connectivity index is 0.000000231. The van der Waals surface area contributed by atoms with Gasteiger partial charge in [0.25, 0.3) is 0 Å². The molecular formula is C12H26N2O9. The van der Waals surface area contributed by atoms with Gasteiger partial charge in [-0.3, -0.25) is 5.32 Å². The maximum atomic E-state index is 9.18. The van der Waals surface area contributed by atoms with Gasteiger partial charge in [-0.05, 0) is 0 Å². The minimum atomic E-state index is -1.43. The highest BCUT2D eigenvalue weighted by atomic mass is 16.4. The molecule has 0 saturated carbocycles. The summed E-state index contributed by atoms with van der Waals surface area (Å²) < 4.78 is 0. The van der Waals surface area contributed by atoms with Crippen molar-refractivity contribution in [1.82, 2.24) is 10.6 Å². The third-order valence-electron chi connectivity index (χ3n) is 3.96. The van der Waals surface area contributed by atoms with E-state index in [0.717, 1.165) is 0 Å². The van der Waals surface area contributed by atoms with Gasteiger partial charge in [-0.15, -0.1) is 0 Å². The van der Waals surface area contributed by atoms with Crippen LogP contribution in [0.2, 0.25) is 0 Å². The smallest absolute Gasteiger partial charge is 0.134 e. The lowest BCUT2D eigenvalue weighted by molar-refractivity contribution is -0.161. The summed E-state index contributed by atoms with van der Waals surface area (Å²) in [5.74, 6) is 0. The maximum absolute atomic E-state index is 9.18. The van der Waals surface area contributed by atoms with E-state index in [2.05, 4.69) is 10.6 Å². The summed E-state index contributed by atoms with van der Waals surface area (Å²) in [4.78, 5) is 0. The molecule has 2 heterocycles. The number of piperidine rings is 2. The molecule has 11 N–H and O–H groups in total. The molecule has 2 aliphatic heterocycles. The molecule has 11 nitrogen and oxygen atoms in total. The van der Waals surface area contributed by atoms with Gasteiger partial charge >= 0.3 is 0 Å². The first-order chi connectivity index (χ1) is 10.7. The van der Waals surface area contributed by atoms with E-state index >= 15 is 0 Å². The topological polar surface area (TPSA) is 206 Å². The van der Waals surface area contributed by atoms with E-state index in [-0.39, 0.29) is 13.2 Å². The molecule has 0 bridgehead atoms. The van der Waals surface area contributed by atoms with Crippen molar-refractivity contribution in [2.24, 2.45) is 0 Å². The van der Waals surface area contributed by atoms with Gasteiger partial charge in [0.2, 0.25) is 0 Å². The van der Waals surface area contributed by atoms with E-state index in [1.165, 1.54) is 0 Å². The molecule has 9 atom stereocenters. The Labute approximate surface area is 132 Å². The normalized spacial score (nSPS) is 47.6. The number of aliphatic hydroxyl groups is 9. The van der Waals surface area contributed by atoms with Gasteiger partial charge in [-0.2, -0.15) is 0 Å². The van der Waals surface area contributed by atoms with Crippen LogP contribution < -0.4 is 10.6 Å². The van der Waals surface area contributed by atoms with Crippen LogP contribution in [-0.4, -0.2) is 121 Å². The van der Waals surface area contributed by atoms with Crippen LogP contribution >= 0.6 is 0 Å². The van der Waals surface area contributed by atoms with Gasteiger partial charge < -0.3 is 51.3 Å². The van der Waals surface area contributed by atoms with Crippen LogP contribution in [0, 0.1) is 0 Å².